The first-order valence-corrected chi connectivity index (χ1v) is 21.5. The van der Waals surface area contributed by atoms with Crippen molar-refractivity contribution in [2.45, 2.75) is 92.2 Å². The van der Waals surface area contributed by atoms with Gasteiger partial charge in [0.05, 0.1) is 18.8 Å². The Kier molecular flexibility index (Phi) is 31.8. The minimum atomic E-state index is -3.60. The van der Waals surface area contributed by atoms with Gasteiger partial charge in [0.2, 0.25) is 20.9 Å². The molecule has 0 saturated heterocycles. The number of ether oxygens (including phenoxy) is 4. The van der Waals surface area contributed by atoms with E-state index in [1.165, 1.54) is 56.9 Å². The summed E-state index contributed by atoms with van der Waals surface area (Å²) < 4.78 is 42.4. The summed E-state index contributed by atoms with van der Waals surface area (Å²) in [6, 6.07) is 10.8. The van der Waals surface area contributed by atoms with Gasteiger partial charge < -0.3 is 28.7 Å². The molecule has 0 heterocycles. The molecule has 2 rings (SSSR count). The van der Waals surface area contributed by atoms with Crippen molar-refractivity contribution in [1.29, 1.82) is 0 Å². The van der Waals surface area contributed by atoms with E-state index in [-0.39, 0.29) is 82.1 Å². The van der Waals surface area contributed by atoms with Crippen LogP contribution in [0.25, 0.3) is 0 Å². The molecule has 21 heteroatoms. The van der Waals surface area contributed by atoms with Gasteiger partial charge in [0.25, 0.3) is 0 Å². The van der Waals surface area contributed by atoms with Gasteiger partial charge in [0, 0.05) is 63.6 Å². The molecule has 0 radical (unpaired) electrons. The van der Waals surface area contributed by atoms with Gasteiger partial charge in [0.15, 0.2) is 12.2 Å². The molecule has 2 aromatic rings. The molecular formula is C38H57Cl3N2O12S4. The first kappa shape index (κ1) is 60.4. The quantitative estimate of drug-likeness (QED) is 0.0616. The SMILES string of the molecule is CC(=O)OC[C@H](CN(C(C)=O)c1ccc(CCS(=O)(=O)Cl)c(C)c1)OC(C)=O.CC(=O)OC[C@H](CN(C(C)=O)c1ccc(CCS)c(C)c1)OC(C)=O.CC(Cl)Cl.S.S. The van der Waals surface area contributed by atoms with Gasteiger partial charge in [-0.2, -0.15) is 39.6 Å². The molecule has 0 aromatic heterocycles. The van der Waals surface area contributed by atoms with Crippen LogP contribution in [0.4, 0.5) is 11.4 Å². The number of anilines is 2. The van der Waals surface area contributed by atoms with Crippen molar-refractivity contribution >= 4 is 130 Å². The van der Waals surface area contributed by atoms with Crippen LogP contribution in [0, 0.1) is 13.8 Å². The zero-order valence-electron chi connectivity index (χ0n) is 34.6. The number of halogens is 3. The monoisotopic (exact) mass is 966 g/mol. The summed E-state index contributed by atoms with van der Waals surface area (Å²) in [6.07, 6.45) is -0.465. The number of carbonyl (C=O) groups excluding carboxylic acids is 6. The molecule has 336 valence electrons. The van der Waals surface area contributed by atoms with E-state index in [1.54, 1.807) is 32.0 Å². The van der Waals surface area contributed by atoms with E-state index in [2.05, 4.69) is 12.6 Å². The summed E-state index contributed by atoms with van der Waals surface area (Å²) in [5.41, 5.74) is 5.04. The average Bonchev–Trinajstić information content (AvgIpc) is 3.06. The third-order valence-corrected chi connectivity index (χ3v) is 8.79. The van der Waals surface area contributed by atoms with Crippen molar-refractivity contribution in [3.8, 4) is 0 Å². The Bertz CT molecular complexity index is 1780. The van der Waals surface area contributed by atoms with Gasteiger partial charge in [-0.3, -0.25) is 28.8 Å². The lowest BCUT2D eigenvalue weighted by Gasteiger charge is -2.27. The Morgan fingerprint density at radius 2 is 1.00 bits per heavy atom. The normalized spacial score (nSPS) is 11.3. The standard InChI is InChI=1S/C18H24ClNO7S.C18H25NO5S.C2H4Cl2.2H2S/c1-12-9-17(6-5-16(12)7-8-28(19,24)25)20(13(2)21)10-18(27-15(4)23)11-26-14(3)22;1-12-9-17(6-5-16(12)7-8-25)19(13(2)20)10-18(24-15(4)22)11-23-14(3)21;1-2(3)4;;/h5-6,9,18H,7-8,10-11H2,1-4H3;5-6,9,18,25H,7-8,10-11H2,1-4H3;2H,1H3;2*1H2/t2*18-;;;/m00.../s1. The number of nitrogens with zero attached hydrogens (tertiary/aromatic N) is 2. The Balaban J connectivity index is -0.000000948. The number of alkyl halides is 2. The molecule has 14 nitrogen and oxygen atoms in total. The third-order valence-electron chi connectivity index (χ3n) is 7.41. The Labute approximate surface area is 382 Å². The van der Waals surface area contributed by atoms with E-state index in [0.29, 0.717) is 11.4 Å². The first-order chi connectivity index (χ1) is 26.4. The molecule has 2 amide bonds. The molecule has 2 atom stereocenters. The van der Waals surface area contributed by atoms with E-state index < -0.39 is 45.1 Å². The fourth-order valence-corrected chi connectivity index (χ4v) is 5.92. The van der Waals surface area contributed by atoms with Crippen LogP contribution < -0.4 is 9.80 Å². The molecule has 0 bridgehead atoms. The molecule has 0 aliphatic rings. The van der Waals surface area contributed by atoms with Crippen LogP contribution in [0.1, 0.15) is 70.7 Å². The number of hydrogen-bond donors (Lipinski definition) is 1. The fourth-order valence-electron chi connectivity index (χ4n) is 4.99. The van der Waals surface area contributed by atoms with Crippen LogP contribution in [-0.2, 0) is 69.6 Å². The lowest BCUT2D eigenvalue weighted by molar-refractivity contribution is -0.155. The van der Waals surface area contributed by atoms with Crippen LogP contribution in [0.3, 0.4) is 0 Å². The maximum atomic E-state index is 12.1. The molecule has 0 saturated carbocycles. The minimum absolute atomic E-state index is 0. The molecule has 59 heavy (non-hydrogen) atoms. The van der Waals surface area contributed by atoms with Crippen molar-refractivity contribution in [1.82, 2.24) is 0 Å². The number of benzene rings is 2. The molecule has 0 spiro atoms. The predicted octanol–water partition coefficient (Wildman–Crippen LogP) is 6.30. The summed E-state index contributed by atoms with van der Waals surface area (Å²) in [6.45, 7) is 13.1. The van der Waals surface area contributed by atoms with E-state index in [0.717, 1.165) is 28.9 Å². The van der Waals surface area contributed by atoms with Gasteiger partial charge >= 0.3 is 23.9 Å². The summed E-state index contributed by atoms with van der Waals surface area (Å²) in [7, 11) is 1.65. The second-order valence-electron chi connectivity index (χ2n) is 12.5. The van der Waals surface area contributed by atoms with Crippen molar-refractivity contribution < 1.29 is 56.1 Å². The van der Waals surface area contributed by atoms with Crippen molar-refractivity contribution in [3.63, 3.8) is 0 Å². The van der Waals surface area contributed by atoms with E-state index in [1.807, 2.05) is 25.1 Å². The van der Waals surface area contributed by atoms with Crippen LogP contribution in [0.5, 0.6) is 0 Å². The number of rotatable bonds is 17. The number of hydrogen-bond acceptors (Lipinski definition) is 13. The lowest BCUT2D eigenvalue weighted by atomic mass is 10.0. The Hall–Kier alpha value is -2.87. The number of thiol groups is 1. The molecule has 0 aliphatic carbocycles. The molecule has 0 aliphatic heterocycles. The third kappa shape index (κ3) is 28.3. The van der Waals surface area contributed by atoms with Crippen LogP contribution in [0.15, 0.2) is 36.4 Å². The summed E-state index contributed by atoms with van der Waals surface area (Å²) in [5.74, 6) is -2.00. The van der Waals surface area contributed by atoms with Crippen LogP contribution in [-0.4, -0.2) is 99.0 Å². The van der Waals surface area contributed by atoms with E-state index in [4.69, 9.17) is 52.8 Å². The smallest absolute Gasteiger partial charge is 0.303 e. The van der Waals surface area contributed by atoms with Crippen molar-refractivity contribution in [2.75, 3.05) is 47.6 Å². The largest absolute Gasteiger partial charge is 0.462 e. The van der Waals surface area contributed by atoms with Gasteiger partial charge in [-0.1, -0.05) is 12.1 Å². The van der Waals surface area contributed by atoms with Crippen LogP contribution in [0.2, 0.25) is 0 Å². The predicted molar refractivity (Wildman–Crippen MR) is 246 cm³/mol. The van der Waals surface area contributed by atoms with Gasteiger partial charge in [-0.15, -0.1) is 23.2 Å². The van der Waals surface area contributed by atoms with Crippen molar-refractivity contribution in [3.05, 3.63) is 58.7 Å². The number of aryl methyl sites for hydroxylation is 4. The highest BCUT2D eigenvalue weighted by Crippen LogP contribution is 2.23. The average molecular weight is 969 g/mol. The molecular weight excluding hydrogens is 911 g/mol. The highest BCUT2D eigenvalue weighted by atomic mass is 35.7. The second kappa shape index (κ2) is 31.0. The molecule has 0 N–H and O–H groups in total. The first-order valence-electron chi connectivity index (χ1n) is 17.5. The molecule has 0 fully saturated rings. The zero-order valence-corrected chi connectivity index (χ0v) is 40.6. The van der Waals surface area contributed by atoms with E-state index in [9.17, 15) is 37.2 Å². The maximum absolute atomic E-state index is 12.1. The topological polar surface area (TPSA) is 180 Å². The summed E-state index contributed by atoms with van der Waals surface area (Å²) in [4.78, 5) is 71.6. The molecule has 0 unspecified atom stereocenters. The van der Waals surface area contributed by atoms with E-state index >= 15 is 0 Å². The highest BCUT2D eigenvalue weighted by Gasteiger charge is 2.24. The minimum Gasteiger partial charge on any atom is -0.462 e. The summed E-state index contributed by atoms with van der Waals surface area (Å²) >= 11 is 14.3. The lowest BCUT2D eigenvalue weighted by Crippen LogP contribution is -2.40. The number of amides is 2. The highest BCUT2D eigenvalue weighted by molar-refractivity contribution is 8.13. The zero-order chi connectivity index (χ0) is 44.0. The van der Waals surface area contributed by atoms with Gasteiger partial charge in [-0.25, -0.2) is 8.42 Å². The maximum Gasteiger partial charge on any atom is 0.303 e. The number of carbonyl (C=O) groups is 6. The van der Waals surface area contributed by atoms with Gasteiger partial charge in [0.1, 0.15) is 18.1 Å². The van der Waals surface area contributed by atoms with Gasteiger partial charge in [-0.05, 0) is 85.9 Å². The molecule has 2 aromatic carbocycles. The van der Waals surface area contributed by atoms with Crippen LogP contribution >= 0.6 is 73.5 Å². The Morgan fingerprint density at radius 3 is 1.25 bits per heavy atom. The van der Waals surface area contributed by atoms with Crippen molar-refractivity contribution in [2.24, 2.45) is 0 Å². The second-order valence-corrected chi connectivity index (χ2v) is 17.4. The summed E-state index contributed by atoms with van der Waals surface area (Å²) in [5, 5.41) is 0. The number of esters is 4. The fraction of sp³-hybridized carbons (Fsp3) is 0.526. The Morgan fingerprint density at radius 1 is 0.661 bits per heavy atom.